The average Bonchev–Trinajstić information content (AvgIpc) is 2.86. The number of aliphatic carboxylic acids is 1. The highest BCUT2D eigenvalue weighted by molar-refractivity contribution is 5.87. The number of carbonyl (C=O) groups is 1. The van der Waals surface area contributed by atoms with Gasteiger partial charge in [0.1, 0.15) is 12.9 Å². The van der Waals surface area contributed by atoms with Gasteiger partial charge in [-0.2, -0.15) is 5.10 Å². The van der Waals surface area contributed by atoms with Crippen molar-refractivity contribution in [3.05, 3.63) is 42.6 Å². The first-order chi connectivity index (χ1) is 11.0. The number of hydrogen-bond donors (Lipinski definition) is 3. The van der Waals surface area contributed by atoms with E-state index in [4.69, 9.17) is 5.11 Å². The van der Waals surface area contributed by atoms with Crippen LogP contribution in [0.15, 0.2) is 36.9 Å². The Bertz CT molecular complexity index is 845. The Morgan fingerprint density at radius 2 is 2.04 bits per heavy atom. The monoisotopic (exact) mass is 313 g/mol. The fourth-order valence-corrected chi connectivity index (χ4v) is 2.37. The van der Waals surface area contributed by atoms with Gasteiger partial charge in [-0.1, -0.05) is 0 Å². The van der Waals surface area contributed by atoms with Crippen LogP contribution < -0.4 is 5.32 Å². The number of nitrogens with one attached hydrogen (secondary N) is 1. The van der Waals surface area contributed by atoms with Crippen LogP contribution in [0, 0.1) is 0 Å². The van der Waals surface area contributed by atoms with Crippen molar-refractivity contribution in [2.45, 2.75) is 19.6 Å². The number of aliphatic hydroxyl groups excluding tert-OH is 1. The number of aromatic nitrogens is 4. The summed E-state index contributed by atoms with van der Waals surface area (Å²) in [5, 5.41) is 26.9. The Kier molecular flexibility index (Phi) is 3.90. The van der Waals surface area contributed by atoms with Crippen molar-refractivity contribution in [3.8, 4) is 0 Å². The first-order valence-corrected chi connectivity index (χ1v) is 6.97. The van der Waals surface area contributed by atoms with Crippen molar-refractivity contribution in [1.29, 1.82) is 0 Å². The van der Waals surface area contributed by atoms with Gasteiger partial charge in [-0.3, -0.25) is 9.48 Å². The van der Waals surface area contributed by atoms with Gasteiger partial charge in [-0.15, -0.1) is 0 Å². The van der Waals surface area contributed by atoms with E-state index < -0.39 is 12.1 Å². The summed E-state index contributed by atoms with van der Waals surface area (Å²) in [6.45, 7) is 1.33. The fraction of sp³-hybridized carbons (Fsp3) is 0.200. The van der Waals surface area contributed by atoms with Gasteiger partial charge >= 0.3 is 5.97 Å². The summed E-state index contributed by atoms with van der Waals surface area (Å²) in [6, 6.07) is 5.39. The summed E-state index contributed by atoms with van der Waals surface area (Å²) in [5.74, 6) is -0.991. The number of fused-ring (bicyclic) bond motifs is 1. The zero-order valence-corrected chi connectivity index (χ0v) is 12.3. The quantitative estimate of drug-likeness (QED) is 0.657. The van der Waals surface area contributed by atoms with Gasteiger partial charge in [-0.05, 0) is 25.1 Å². The molecule has 0 aliphatic heterocycles. The van der Waals surface area contributed by atoms with Crippen LogP contribution >= 0.6 is 0 Å². The summed E-state index contributed by atoms with van der Waals surface area (Å²) in [4.78, 5) is 18.8. The molecule has 8 heteroatoms. The molecule has 1 aromatic carbocycles. The maximum atomic E-state index is 11.0. The molecule has 3 N–H and O–H groups in total. The topological polar surface area (TPSA) is 113 Å². The van der Waals surface area contributed by atoms with Crippen molar-refractivity contribution < 1.29 is 15.0 Å². The highest BCUT2D eigenvalue weighted by atomic mass is 16.4. The van der Waals surface area contributed by atoms with Crippen LogP contribution in [0.1, 0.15) is 18.7 Å². The van der Waals surface area contributed by atoms with Gasteiger partial charge in [0.15, 0.2) is 0 Å². The van der Waals surface area contributed by atoms with Crippen molar-refractivity contribution in [3.63, 3.8) is 0 Å². The number of aliphatic hydroxyl groups is 1. The van der Waals surface area contributed by atoms with Gasteiger partial charge in [-0.25, -0.2) is 9.97 Å². The number of hydrogen-bond acceptors (Lipinski definition) is 6. The second-order valence-corrected chi connectivity index (χ2v) is 5.10. The van der Waals surface area contributed by atoms with Crippen LogP contribution in [0.4, 0.5) is 11.4 Å². The van der Waals surface area contributed by atoms with Crippen molar-refractivity contribution in [1.82, 2.24) is 19.7 Å². The second kappa shape index (κ2) is 6.01. The molecule has 2 aromatic heterocycles. The molecule has 0 radical (unpaired) electrons. The lowest BCUT2D eigenvalue weighted by atomic mass is 10.1. The average molecular weight is 313 g/mol. The molecule has 0 saturated heterocycles. The zero-order chi connectivity index (χ0) is 16.4. The fourth-order valence-electron chi connectivity index (χ4n) is 2.37. The van der Waals surface area contributed by atoms with E-state index in [1.807, 2.05) is 6.07 Å². The molecule has 0 aliphatic rings. The molecule has 0 spiro atoms. The van der Waals surface area contributed by atoms with Crippen LogP contribution in [-0.4, -0.2) is 35.9 Å². The van der Waals surface area contributed by atoms with Crippen LogP contribution in [0.3, 0.4) is 0 Å². The van der Waals surface area contributed by atoms with Crippen LogP contribution in [-0.2, 0) is 11.3 Å². The predicted octanol–water partition coefficient (Wildman–Crippen LogP) is 1.71. The molecule has 1 unspecified atom stereocenters. The Hall–Kier alpha value is -3.00. The minimum Gasteiger partial charge on any atom is -0.480 e. The lowest BCUT2D eigenvalue weighted by Crippen LogP contribution is -2.10. The SMILES string of the molecule is CC(O)c1nn(CC(=O)O)c2ccc(Nc3cncnc3)cc12. The van der Waals surface area contributed by atoms with E-state index >= 15 is 0 Å². The third kappa shape index (κ3) is 3.11. The Labute approximate surface area is 131 Å². The third-order valence-corrected chi connectivity index (χ3v) is 3.31. The van der Waals surface area contributed by atoms with Gasteiger partial charge in [0.05, 0.1) is 35.4 Å². The molecular weight excluding hydrogens is 298 g/mol. The summed E-state index contributed by atoms with van der Waals surface area (Å²) in [6.07, 6.45) is 3.92. The van der Waals surface area contributed by atoms with E-state index in [-0.39, 0.29) is 6.54 Å². The third-order valence-electron chi connectivity index (χ3n) is 3.31. The standard InChI is InChI=1S/C15H15N5O3/c1-9(21)15-12-4-10(18-11-5-16-8-17-6-11)2-3-13(12)20(19-15)7-14(22)23/h2-6,8-9,18,21H,7H2,1H3,(H,22,23). The highest BCUT2D eigenvalue weighted by Gasteiger charge is 2.16. The lowest BCUT2D eigenvalue weighted by Gasteiger charge is -2.06. The van der Waals surface area contributed by atoms with Crippen LogP contribution in [0.2, 0.25) is 0 Å². The second-order valence-electron chi connectivity index (χ2n) is 5.10. The minimum absolute atomic E-state index is 0.261. The molecule has 23 heavy (non-hydrogen) atoms. The lowest BCUT2D eigenvalue weighted by molar-refractivity contribution is -0.137. The molecule has 0 aliphatic carbocycles. The Balaban J connectivity index is 2.04. The number of carboxylic acids is 1. The molecule has 0 amide bonds. The Morgan fingerprint density at radius 1 is 1.30 bits per heavy atom. The Morgan fingerprint density at radius 3 is 2.70 bits per heavy atom. The number of nitrogens with zero attached hydrogens (tertiary/aromatic N) is 4. The molecule has 2 heterocycles. The van der Waals surface area contributed by atoms with Crippen molar-refractivity contribution >= 4 is 28.2 Å². The molecule has 3 rings (SSSR count). The number of anilines is 2. The predicted molar refractivity (Wildman–Crippen MR) is 83.3 cm³/mol. The van der Waals surface area contributed by atoms with Gasteiger partial charge < -0.3 is 15.5 Å². The van der Waals surface area contributed by atoms with Gasteiger partial charge in [0.25, 0.3) is 0 Å². The van der Waals surface area contributed by atoms with Crippen LogP contribution in [0.25, 0.3) is 10.9 Å². The molecule has 0 saturated carbocycles. The number of benzene rings is 1. The largest absolute Gasteiger partial charge is 0.480 e. The summed E-state index contributed by atoms with van der Waals surface area (Å²) >= 11 is 0. The van der Waals surface area contributed by atoms with Crippen LogP contribution in [0.5, 0.6) is 0 Å². The summed E-state index contributed by atoms with van der Waals surface area (Å²) < 4.78 is 1.37. The molecule has 118 valence electrons. The number of carboxylic acid groups (broad SMARTS) is 1. The normalized spacial score (nSPS) is 12.3. The van der Waals surface area contributed by atoms with E-state index in [9.17, 15) is 9.90 Å². The molecular formula is C15H15N5O3. The van der Waals surface area contributed by atoms with Gasteiger partial charge in [0.2, 0.25) is 0 Å². The minimum atomic E-state index is -0.991. The zero-order valence-electron chi connectivity index (χ0n) is 12.3. The number of rotatable bonds is 5. The van der Waals surface area contributed by atoms with E-state index in [0.29, 0.717) is 16.6 Å². The maximum absolute atomic E-state index is 11.0. The van der Waals surface area contributed by atoms with Gasteiger partial charge in [0, 0.05) is 11.1 Å². The van der Waals surface area contributed by atoms with E-state index in [1.54, 1.807) is 31.5 Å². The van der Waals surface area contributed by atoms with E-state index in [2.05, 4.69) is 20.4 Å². The molecule has 3 aromatic rings. The maximum Gasteiger partial charge on any atom is 0.325 e. The summed E-state index contributed by atoms with van der Waals surface area (Å²) in [5.41, 5.74) is 2.58. The van der Waals surface area contributed by atoms with Crippen molar-refractivity contribution in [2.75, 3.05) is 5.32 Å². The highest BCUT2D eigenvalue weighted by Crippen LogP contribution is 2.28. The summed E-state index contributed by atoms with van der Waals surface area (Å²) in [7, 11) is 0. The first kappa shape index (κ1) is 14.9. The smallest absolute Gasteiger partial charge is 0.325 e. The molecule has 0 fully saturated rings. The molecule has 1 atom stereocenters. The van der Waals surface area contributed by atoms with E-state index in [1.165, 1.54) is 11.0 Å². The molecule has 0 bridgehead atoms. The first-order valence-electron chi connectivity index (χ1n) is 6.97. The van der Waals surface area contributed by atoms with Crippen molar-refractivity contribution in [2.24, 2.45) is 0 Å². The molecule has 8 nitrogen and oxygen atoms in total. The van der Waals surface area contributed by atoms with E-state index in [0.717, 1.165) is 11.4 Å².